The molecule has 4 nitrogen and oxygen atoms in total. The Morgan fingerprint density at radius 2 is 1.84 bits per heavy atom. The monoisotopic (exact) mass is 379 g/mol. The summed E-state index contributed by atoms with van der Waals surface area (Å²) < 4.78 is 33.4. The lowest BCUT2D eigenvalue weighted by molar-refractivity contribution is 0.0688. The number of thiophene rings is 1. The third-order valence-corrected chi connectivity index (χ3v) is 8.21. The van der Waals surface area contributed by atoms with Crippen LogP contribution >= 0.6 is 11.3 Å². The highest BCUT2D eigenvalue weighted by atomic mass is 32.2. The fraction of sp³-hybridized carbons (Fsp3) is 0.474. The standard InChI is InChI=1S/C19H25NO3S2/c1-2-18-8-9-19(24-18)25(21,22)20-12-10-17(11-13-20)15-23-14-16-6-4-3-5-7-16/h3-9,17H,2,10-15H2,1H3. The highest BCUT2D eigenvalue weighted by Crippen LogP contribution is 2.28. The van der Waals surface area contributed by atoms with Crippen molar-refractivity contribution in [2.75, 3.05) is 19.7 Å². The number of hydrogen-bond acceptors (Lipinski definition) is 4. The Morgan fingerprint density at radius 3 is 2.48 bits per heavy atom. The Balaban J connectivity index is 1.48. The van der Waals surface area contributed by atoms with Crippen LogP contribution in [0.3, 0.4) is 0 Å². The first-order valence-electron chi connectivity index (χ1n) is 8.80. The number of aryl methyl sites for hydroxylation is 1. The molecule has 0 unspecified atom stereocenters. The van der Waals surface area contributed by atoms with Crippen LogP contribution in [0, 0.1) is 5.92 Å². The lowest BCUT2D eigenvalue weighted by Crippen LogP contribution is -2.39. The van der Waals surface area contributed by atoms with E-state index in [9.17, 15) is 8.42 Å². The molecule has 2 aromatic rings. The zero-order chi connectivity index (χ0) is 17.7. The maximum absolute atomic E-state index is 12.7. The summed E-state index contributed by atoms with van der Waals surface area (Å²) in [5.74, 6) is 0.435. The van der Waals surface area contributed by atoms with Crippen molar-refractivity contribution in [3.63, 3.8) is 0 Å². The first-order chi connectivity index (χ1) is 12.1. The molecule has 1 saturated heterocycles. The molecule has 0 saturated carbocycles. The minimum absolute atomic E-state index is 0.435. The number of hydrogen-bond donors (Lipinski definition) is 0. The number of ether oxygens (including phenoxy) is 1. The summed E-state index contributed by atoms with van der Waals surface area (Å²) in [7, 11) is -3.33. The van der Waals surface area contributed by atoms with Crippen molar-refractivity contribution in [3.8, 4) is 0 Å². The van der Waals surface area contributed by atoms with Crippen LogP contribution in [0.25, 0.3) is 0 Å². The second-order valence-corrected chi connectivity index (χ2v) is 9.76. The quantitative estimate of drug-likeness (QED) is 0.732. The lowest BCUT2D eigenvalue weighted by Gasteiger charge is -2.30. The van der Waals surface area contributed by atoms with Gasteiger partial charge in [-0.1, -0.05) is 37.3 Å². The van der Waals surface area contributed by atoms with E-state index in [0.29, 0.717) is 36.4 Å². The average Bonchev–Trinajstić information content (AvgIpc) is 3.13. The lowest BCUT2D eigenvalue weighted by atomic mass is 9.99. The van der Waals surface area contributed by atoms with Crippen LogP contribution in [0.2, 0.25) is 0 Å². The van der Waals surface area contributed by atoms with Gasteiger partial charge in [0.2, 0.25) is 0 Å². The van der Waals surface area contributed by atoms with Gasteiger partial charge < -0.3 is 4.74 Å². The third-order valence-electron chi connectivity index (χ3n) is 4.62. The second kappa shape index (κ2) is 8.45. The first kappa shape index (κ1) is 18.6. The van der Waals surface area contributed by atoms with Gasteiger partial charge in [0.25, 0.3) is 10.0 Å². The molecule has 0 aliphatic carbocycles. The van der Waals surface area contributed by atoms with E-state index in [4.69, 9.17) is 4.74 Å². The molecule has 1 fully saturated rings. The molecule has 2 heterocycles. The number of rotatable bonds is 7. The summed E-state index contributed by atoms with van der Waals surface area (Å²) in [6.07, 6.45) is 2.60. The van der Waals surface area contributed by atoms with Crippen molar-refractivity contribution in [2.24, 2.45) is 5.92 Å². The molecule has 0 bridgehead atoms. The third kappa shape index (κ3) is 4.70. The number of piperidine rings is 1. The SMILES string of the molecule is CCc1ccc(S(=O)(=O)N2CCC(COCc3ccccc3)CC2)s1. The van der Waals surface area contributed by atoms with E-state index in [-0.39, 0.29) is 0 Å². The molecule has 6 heteroatoms. The van der Waals surface area contributed by atoms with Gasteiger partial charge in [-0.3, -0.25) is 0 Å². The predicted octanol–water partition coefficient (Wildman–Crippen LogP) is 3.93. The van der Waals surface area contributed by atoms with E-state index >= 15 is 0 Å². The van der Waals surface area contributed by atoms with E-state index < -0.39 is 10.0 Å². The van der Waals surface area contributed by atoms with E-state index in [1.54, 1.807) is 10.4 Å². The van der Waals surface area contributed by atoms with Crippen LogP contribution in [-0.4, -0.2) is 32.4 Å². The largest absolute Gasteiger partial charge is 0.376 e. The summed E-state index contributed by atoms with van der Waals surface area (Å²) in [5, 5.41) is 0. The van der Waals surface area contributed by atoms with Crippen LogP contribution in [0.15, 0.2) is 46.7 Å². The number of nitrogens with zero attached hydrogens (tertiary/aromatic N) is 1. The van der Waals surface area contributed by atoms with Crippen molar-refractivity contribution in [1.29, 1.82) is 0 Å². The van der Waals surface area contributed by atoms with Crippen LogP contribution in [0.5, 0.6) is 0 Å². The Hall–Kier alpha value is -1.21. The molecule has 1 aliphatic rings. The topological polar surface area (TPSA) is 46.6 Å². The highest BCUT2D eigenvalue weighted by molar-refractivity contribution is 7.91. The van der Waals surface area contributed by atoms with Gasteiger partial charge in [0.1, 0.15) is 4.21 Å². The van der Waals surface area contributed by atoms with Crippen molar-refractivity contribution < 1.29 is 13.2 Å². The van der Waals surface area contributed by atoms with E-state index in [1.165, 1.54) is 16.9 Å². The molecule has 25 heavy (non-hydrogen) atoms. The molecule has 0 amide bonds. The Labute approximate surface area is 154 Å². The van der Waals surface area contributed by atoms with Gasteiger partial charge in [-0.2, -0.15) is 4.31 Å². The summed E-state index contributed by atoms with van der Waals surface area (Å²) in [4.78, 5) is 1.11. The van der Waals surface area contributed by atoms with Crippen LogP contribution in [0.4, 0.5) is 0 Å². The zero-order valence-corrected chi connectivity index (χ0v) is 16.2. The molecule has 1 aromatic carbocycles. The fourth-order valence-electron chi connectivity index (χ4n) is 3.05. The van der Waals surface area contributed by atoms with Gasteiger partial charge in [0.05, 0.1) is 6.61 Å². The minimum atomic E-state index is -3.33. The van der Waals surface area contributed by atoms with Crippen LogP contribution in [0.1, 0.15) is 30.2 Å². The number of sulfonamides is 1. The smallest absolute Gasteiger partial charge is 0.252 e. The van der Waals surface area contributed by atoms with Gasteiger partial charge in [0.15, 0.2) is 0 Å². The van der Waals surface area contributed by atoms with Crippen molar-refractivity contribution in [3.05, 3.63) is 52.9 Å². The molecule has 0 spiro atoms. The van der Waals surface area contributed by atoms with Crippen molar-refractivity contribution in [1.82, 2.24) is 4.31 Å². The van der Waals surface area contributed by atoms with Crippen molar-refractivity contribution in [2.45, 2.75) is 37.0 Å². The molecule has 1 aliphatic heterocycles. The van der Waals surface area contributed by atoms with Gasteiger partial charge in [-0.25, -0.2) is 8.42 Å². The minimum Gasteiger partial charge on any atom is -0.376 e. The number of benzene rings is 1. The summed E-state index contributed by atoms with van der Waals surface area (Å²) in [5.41, 5.74) is 1.17. The second-order valence-electron chi connectivity index (χ2n) is 6.42. The van der Waals surface area contributed by atoms with Crippen LogP contribution in [-0.2, 0) is 27.8 Å². The maximum Gasteiger partial charge on any atom is 0.252 e. The summed E-state index contributed by atoms with van der Waals surface area (Å²) >= 11 is 1.39. The van der Waals surface area contributed by atoms with Crippen molar-refractivity contribution >= 4 is 21.4 Å². The molecule has 3 rings (SSSR count). The molecule has 1 aromatic heterocycles. The van der Waals surface area contributed by atoms with E-state index in [1.807, 2.05) is 31.2 Å². The maximum atomic E-state index is 12.7. The molecule has 136 valence electrons. The van der Waals surface area contributed by atoms with Crippen LogP contribution < -0.4 is 0 Å². The molecule has 0 N–H and O–H groups in total. The molecular weight excluding hydrogens is 354 g/mol. The highest BCUT2D eigenvalue weighted by Gasteiger charge is 2.30. The predicted molar refractivity (Wildman–Crippen MR) is 101 cm³/mol. The van der Waals surface area contributed by atoms with Gasteiger partial charge >= 0.3 is 0 Å². The summed E-state index contributed by atoms with van der Waals surface area (Å²) in [6, 6.07) is 13.8. The van der Waals surface area contributed by atoms with Gasteiger partial charge in [-0.05, 0) is 42.9 Å². The molecule has 0 radical (unpaired) electrons. The molecule has 0 atom stereocenters. The van der Waals surface area contributed by atoms with Gasteiger partial charge in [0, 0.05) is 24.6 Å². The summed E-state index contributed by atoms with van der Waals surface area (Å²) in [6.45, 7) is 4.53. The average molecular weight is 380 g/mol. The zero-order valence-electron chi connectivity index (χ0n) is 14.6. The van der Waals surface area contributed by atoms with E-state index in [0.717, 1.165) is 24.1 Å². The molecular formula is C19H25NO3S2. The Morgan fingerprint density at radius 1 is 1.12 bits per heavy atom. The van der Waals surface area contributed by atoms with Gasteiger partial charge in [-0.15, -0.1) is 11.3 Å². The van der Waals surface area contributed by atoms with E-state index in [2.05, 4.69) is 12.1 Å². The normalized spacial score (nSPS) is 17.0. The Bertz CT molecular complexity index is 763. The fourth-order valence-corrected chi connectivity index (χ4v) is 5.97. The first-order valence-corrected chi connectivity index (χ1v) is 11.1. The Kier molecular flexibility index (Phi) is 6.28.